The van der Waals surface area contributed by atoms with E-state index in [2.05, 4.69) is 10.0 Å². The number of rotatable bonds is 11. The van der Waals surface area contributed by atoms with Crippen molar-refractivity contribution in [3.8, 4) is 0 Å². The Morgan fingerprint density at radius 1 is 0.969 bits per heavy atom. The number of para-hydroxylation sites is 1. The first-order valence-corrected chi connectivity index (χ1v) is 12.0. The van der Waals surface area contributed by atoms with Crippen molar-refractivity contribution in [2.24, 2.45) is 0 Å². The molecule has 0 radical (unpaired) electrons. The lowest BCUT2D eigenvalue weighted by Crippen LogP contribution is -2.44. The summed E-state index contributed by atoms with van der Waals surface area (Å²) in [5.74, 6) is -0.926. The zero-order valence-corrected chi connectivity index (χ0v) is 19.5. The van der Waals surface area contributed by atoms with Gasteiger partial charge in [0.1, 0.15) is 6.04 Å². The fraction of sp³-hybridized carbons (Fsp3) is 0.391. The van der Waals surface area contributed by atoms with Crippen LogP contribution in [0.25, 0.3) is 0 Å². The van der Waals surface area contributed by atoms with E-state index in [1.165, 1.54) is 0 Å². The molecule has 0 aliphatic rings. The van der Waals surface area contributed by atoms with E-state index < -0.39 is 27.9 Å². The summed E-state index contributed by atoms with van der Waals surface area (Å²) >= 11 is 0. The highest BCUT2D eigenvalue weighted by atomic mass is 32.2. The number of nitrogens with one attached hydrogen (secondary N) is 3. The summed E-state index contributed by atoms with van der Waals surface area (Å²) in [4.78, 5) is 24.2. The molecule has 2 aromatic carbocycles. The minimum Gasteiger partial charge on any atom is -0.325 e. The second-order valence-electron chi connectivity index (χ2n) is 7.89. The van der Waals surface area contributed by atoms with Crippen LogP contribution in [-0.2, 0) is 19.6 Å². The summed E-state index contributed by atoms with van der Waals surface area (Å²) in [6.45, 7) is 5.37. The molecule has 32 heavy (non-hydrogen) atoms. The van der Waals surface area contributed by atoms with Gasteiger partial charge in [-0.15, -0.1) is 0 Å². The van der Waals surface area contributed by atoms with Gasteiger partial charge in [0, 0.05) is 12.1 Å². The normalized spacial score (nSPS) is 12.2. The van der Waals surface area contributed by atoms with Gasteiger partial charge in [-0.1, -0.05) is 48.7 Å². The van der Waals surface area contributed by atoms with Gasteiger partial charge in [-0.25, -0.2) is 13.9 Å². The highest BCUT2D eigenvalue weighted by Gasteiger charge is 2.28. The number of sulfonamides is 1. The second kappa shape index (κ2) is 11.8. The number of unbranched alkanes of at least 4 members (excludes halogenated alkanes) is 2. The number of carbonyl (C=O) groups excluding carboxylic acids is 2. The lowest BCUT2D eigenvalue weighted by molar-refractivity contribution is -0.129. The molecule has 0 aliphatic heterocycles. The van der Waals surface area contributed by atoms with Crippen molar-refractivity contribution in [1.82, 2.24) is 10.2 Å². The molecule has 0 aromatic heterocycles. The molecule has 0 saturated heterocycles. The fourth-order valence-electron chi connectivity index (χ4n) is 3.70. The Balaban J connectivity index is 2.17. The van der Waals surface area contributed by atoms with E-state index in [4.69, 9.17) is 5.21 Å². The Kier molecular flexibility index (Phi) is 9.37. The summed E-state index contributed by atoms with van der Waals surface area (Å²) in [6, 6.07) is 11.4. The molecular formula is C23H31N3O5S. The van der Waals surface area contributed by atoms with E-state index in [1.807, 2.05) is 13.0 Å². The zero-order valence-electron chi connectivity index (χ0n) is 18.6. The predicted molar refractivity (Wildman–Crippen MR) is 123 cm³/mol. The van der Waals surface area contributed by atoms with Gasteiger partial charge < -0.3 is 5.32 Å². The van der Waals surface area contributed by atoms with Crippen LogP contribution in [0.4, 0.5) is 5.69 Å². The van der Waals surface area contributed by atoms with Crippen LogP contribution >= 0.6 is 0 Å². The summed E-state index contributed by atoms with van der Waals surface area (Å²) in [7, 11) is -3.94. The maximum absolute atomic E-state index is 13.2. The van der Waals surface area contributed by atoms with Crippen molar-refractivity contribution >= 4 is 27.5 Å². The van der Waals surface area contributed by atoms with Crippen molar-refractivity contribution in [2.75, 3.05) is 5.32 Å². The molecule has 174 valence electrons. The molecule has 0 unspecified atom stereocenters. The van der Waals surface area contributed by atoms with E-state index in [0.29, 0.717) is 36.1 Å². The van der Waals surface area contributed by atoms with Crippen molar-refractivity contribution in [2.45, 2.75) is 63.8 Å². The topological polar surface area (TPSA) is 125 Å². The Bertz CT molecular complexity index is 1020. The Hall–Kier alpha value is -2.75. The molecule has 0 fully saturated rings. The third-order valence-electron chi connectivity index (χ3n) is 5.05. The van der Waals surface area contributed by atoms with Crippen LogP contribution in [0, 0.1) is 20.8 Å². The number of hydrogen-bond acceptors (Lipinski definition) is 5. The Labute approximate surface area is 189 Å². The lowest BCUT2D eigenvalue weighted by atomic mass is 10.1. The number of carbonyl (C=O) groups is 2. The fourth-order valence-corrected chi connectivity index (χ4v) is 5.38. The standard InChI is InChI=1S/C23H31N3O5S/c1-16-14-17(2)22(18(3)15-16)32(30,31)26-20(12-8-5-9-13-21(27)25-29)23(28)24-19-10-6-4-7-11-19/h4,6-7,10-11,14-15,20,26,29H,5,8-9,12-13H2,1-3H3,(H,24,28)(H,25,27)/t20-/m0/s1. The first kappa shape index (κ1) is 25.5. The number of hydroxylamine groups is 1. The van der Waals surface area contributed by atoms with Gasteiger partial charge in [-0.05, 0) is 56.9 Å². The smallest absolute Gasteiger partial charge is 0.243 e. The number of anilines is 1. The third-order valence-corrected chi connectivity index (χ3v) is 6.83. The lowest BCUT2D eigenvalue weighted by Gasteiger charge is -2.20. The molecule has 2 aromatic rings. The van der Waals surface area contributed by atoms with Crippen LogP contribution in [0.1, 0.15) is 48.8 Å². The van der Waals surface area contributed by atoms with E-state index in [-0.39, 0.29) is 17.7 Å². The maximum atomic E-state index is 13.2. The van der Waals surface area contributed by atoms with Gasteiger partial charge in [0.25, 0.3) is 0 Å². The van der Waals surface area contributed by atoms with E-state index in [9.17, 15) is 18.0 Å². The Morgan fingerprint density at radius 2 is 1.59 bits per heavy atom. The molecule has 2 amide bonds. The van der Waals surface area contributed by atoms with E-state index >= 15 is 0 Å². The number of hydrogen-bond donors (Lipinski definition) is 4. The monoisotopic (exact) mass is 461 g/mol. The number of benzene rings is 2. The van der Waals surface area contributed by atoms with E-state index in [1.54, 1.807) is 55.7 Å². The molecule has 8 nitrogen and oxygen atoms in total. The molecular weight excluding hydrogens is 430 g/mol. The minimum absolute atomic E-state index is 0.158. The summed E-state index contributed by atoms with van der Waals surface area (Å²) in [5.41, 5.74) is 4.35. The minimum atomic E-state index is -3.94. The van der Waals surface area contributed by atoms with Crippen LogP contribution in [0.5, 0.6) is 0 Å². The summed E-state index contributed by atoms with van der Waals surface area (Å²) in [6.07, 6.45) is 2.07. The molecule has 0 aliphatic carbocycles. The molecule has 0 heterocycles. The highest BCUT2D eigenvalue weighted by Crippen LogP contribution is 2.23. The van der Waals surface area contributed by atoms with Crippen LogP contribution in [0.3, 0.4) is 0 Å². The van der Waals surface area contributed by atoms with Crippen molar-refractivity contribution in [3.05, 3.63) is 59.2 Å². The molecule has 0 spiro atoms. The molecule has 9 heteroatoms. The van der Waals surface area contributed by atoms with Crippen LogP contribution in [0.15, 0.2) is 47.4 Å². The summed E-state index contributed by atoms with van der Waals surface area (Å²) in [5, 5.41) is 11.3. The number of aryl methyl sites for hydroxylation is 3. The first-order chi connectivity index (χ1) is 15.1. The molecule has 0 saturated carbocycles. The SMILES string of the molecule is Cc1cc(C)c(S(=O)(=O)N[C@@H](CCCCCC(=O)NO)C(=O)Nc2ccccc2)c(C)c1. The first-order valence-electron chi connectivity index (χ1n) is 10.5. The molecule has 4 N–H and O–H groups in total. The quantitative estimate of drug-likeness (QED) is 0.232. The van der Waals surface area contributed by atoms with Gasteiger partial charge in [-0.2, -0.15) is 4.72 Å². The average Bonchev–Trinajstić information content (AvgIpc) is 2.72. The Morgan fingerprint density at radius 3 is 2.19 bits per heavy atom. The third kappa shape index (κ3) is 7.44. The second-order valence-corrected chi connectivity index (χ2v) is 9.54. The largest absolute Gasteiger partial charge is 0.325 e. The zero-order chi connectivity index (χ0) is 23.7. The van der Waals surface area contributed by atoms with Gasteiger partial charge in [0.05, 0.1) is 4.90 Å². The molecule has 0 bridgehead atoms. The predicted octanol–water partition coefficient (Wildman–Crippen LogP) is 3.35. The van der Waals surface area contributed by atoms with Crippen LogP contribution < -0.4 is 15.5 Å². The van der Waals surface area contributed by atoms with Crippen molar-refractivity contribution in [3.63, 3.8) is 0 Å². The maximum Gasteiger partial charge on any atom is 0.243 e. The van der Waals surface area contributed by atoms with Crippen molar-refractivity contribution < 1.29 is 23.2 Å². The van der Waals surface area contributed by atoms with E-state index in [0.717, 1.165) is 5.56 Å². The van der Waals surface area contributed by atoms with Gasteiger partial charge >= 0.3 is 0 Å². The number of amides is 2. The average molecular weight is 462 g/mol. The van der Waals surface area contributed by atoms with Gasteiger partial charge in [-0.3, -0.25) is 14.8 Å². The van der Waals surface area contributed by atoms with Gasteiger partial charge in [0.2, 0.25) is 21.8 Å². The molecule has 1 atom stereocenters. The van der Waals surface area contributed by atoms with Crippen LogP contribution in [0.2, 0.25) is 0 Å². The summed E-state index contributed by atoms with van der Waals surface area (Å²) < 4.78 is 29.0. The highest BCUT2D eigenvalue weighted by molar-refractivity contribution is 7.89. The molecule has 2 rings (SSSR count). The van der Waals surface area contributed by atoms with Crippen LogP contribution in [-0.4, -0.2) is 31.5 Å². The van der Waals surface area contributed by atoms with Crippen molar-refractivity contribution in [1.29, 1.82) is 0 Å². The van der Waals surface area contributed by atoms with Gasteiger partial charge in [0.15, 0.2) is 0 Å².